The van der Waals surface area contributed by atoms with Gasteiger partial charge in [0.05, 0.1) is 0 Å². The minimum absolute atomic E-state index is 0.107. The Bertz CT molecular complexity index is 3360. The van der Waals surface area contributed by atoms with Gasteiger partial charge >= 0.3 is 0 Å². The molecule has 0 atom stereocenters. The van der Waals surface area contributed by atoms with Crippen LogP contribution in [0.3, 0.4) is 0 Å². The molecular weight excluding hydrogens is 1120 g/mol. The van der Waals surface area contributed by atoms with Gasteiger partial charge in [0.1, 0.15) is 0 Å². The molecule has 92 heavy (non-hydrogen) atoms. The van der Waals surface area contributed by atoms with Crippen LogP contribution in [0.15, 0.2) is 84.9 Å². The van der Waals surface area contributed by atoms with Gasteiger partial charge in [-0.1, -0.05) is 254 Å². The summed E-state index contributed by atoms with van der Waals surface area (Å²) >= 11 is 0. The second-order valence-electron chi connectivity index (χ2n) is 30.9. The Hall–Kier alpha value is -6.86. The van der Waals surface area contributed by atoms with Crippen LogP contribution in [0, 0.1) is 62.3 Å². The van der Waals surface area contributed by atoms with Crippen molar-refractivity contribution in [2.45, 2.75) is 287 Å². The van der Waals surface area contributed by atoms with Gasteiger partial charge in [0.2, 0.25) is 0 Å². The highest BCUT2D eigenvalue weighted by atomic mass is 14.6. The number of nitrogen functional groups attached to an aromatic ring is 7. The summed E-state index contributed by atoms with van der Waals surface area (Å²) in [5.41, 5.74) is 76.3. The Morgan fingerprint density at radius 3 is 0.717 bits per heavy atom. The van der Waals surface area contributed by atoms with Gasteiger partial charge in [-0.2, -0.15) is 0 Å². The number of nitrogens with two attached hydrogens (primary N) is 7. The lowest BCUT2D eigenvalue weighted by Crippen LogP contribution is -2.19. The Kier molecular flexibility index (Phi) is 32.0. The summed E-state index contributed by atoms with van der Waals surface area (Å²) in [5, 5.41) is 0. The molecule has 0 bridgehead atoms. The van der Waals surface area contributed by atoms with Crippen molar-refractivity contribution in [3.05, 3.63) is 202 Å². The lowest BCUT2D eigenvalue weighted by atomic mass is 9.79. The van der Waals surface area contributed by atoms with Gasteiger partial charge < -0.3 is 40.1 Å². The molecule has 510 valence electrons. The van der Waals surface area contributed by atoms with Crippen LogP contribution in [0.25, 0.3) is 0 Å². The highest BCUT2D eigenvalue weighted by Crippen LogP contribution is 2.36. The maximum absolute atomic E-state index is 6.18. The van der Waals surface area contributed by atoms with Crippen molar-refractivity contribution in [2.24, 2.45) is 0 Å². The molecule has 7 aromatic carbocycles. The molecule has 0 unspecified atom stereocenters. The van der Waals surface area contributed by atoms with Crippen molar-refractivity contribution in [3.8, 4) is 0 Å². The predicted molar refractivity (Wildman–Crippen MR) is 418 cm³/mol. The summed E-state index contributed by atoms with van der Waals surface area (Å²) in [6, 6.07) is 30.7. The topological polar surface area (TPSA) is 182 Å². The fraction of sp³-hybridized carbons (Fsp3) is 0.506. The van der Waals surface area contributed by atoms with E-state index >= 15 is 0 Å². The van der Waals surface area contributed by atoms with Crippen LogP contribution < -0.4 is 40.1 Å². The first-order chi connectivity index (χ1) is 42.1. The summed E-state index contributed by atoms with van der Waals surface area (Å²) in [5.74, 6) is 0. The van der Waals surface area contributed by atoms with E-state index in [0.717, 1.165) is 84.8 Å². The van der Waals surface area contributed by atoms with E-state index in [1.165, 1.54) is 117 Å². The largest absolute Gasteiger partial charge is 0.398 e. The van der Waals surface area contributed by atoms with E-state index in [2.05, 4.69) is 286 Å². The van der Waals surface area contributed by atoms with E-state index in [9.17, 15) is 0 Å². The minimum Gasteiger partial charge on any atom is -0.398 e. The molecule has 0 radical (unpaired) electrons. The monoisotopic (exact) mass is 1250 g/mol. The molecule has 0 aromatic heterocycles. The highest BCUT2D eigenvalue weighted by Gasteiger charge is 2.24. The number of hydrogen-bond donors (Lipinski definition) is 7. The Balaban J connectivity index is 0.000000539. The molecule has 7 nitrogen and oxygen atoms in total. The highest BCUT2D eigenvalue weighted by molar-refractivity contribution is 5.61. The molecule has 0 aliphatic carbocycles. The zero-order valence-electron chi connectivity index (χ0n) is 64.6. The van der Waals surface area contributed by atoms with Gasteiger partial charge in [-0.25, -0.2) is 0 Å². The van der Waals surface area contributed by atoms with Crippen LogP contribution in [0.2, 0.25) is 0 Å². The van der Waals surface area contributed by atoms with Crippen molar-refractivity contribution in [3.63, 3.8) is 0 Å². The summed E-state index contributed by atoms with van der Waals surface area (Å²) in [6.07, 6.45) is 7.26. The molecule has 7 aromatic rings. The lowest BCUT2D eigenvalue weighted by molar-refractivity contribution is 0.569. The van der Waals surface area contributed by atoms with Crippen LogP contribution >= 0.6 is 0 Å². The fourth-order valence-electron chi connectivity index (χ4n) is 11.0. The number of anilines is 7. The van der Waals surface area contributed by atoms with E-state index in [4.69, 9.17) is 40.1 Å². The molecule has 7 heteroatoms. The molecule has 0 saturated carbocycles. The standard InChI is InChI=1S/C15H25N.C14H23N.3C12H19N.C11H17N.C9H13N/c1-10-8-11(14(2,3)4)9-12(13(10)16)15(5,6)7;1-6-10-8-12(14(3,4)5)9-11(7-2)13(10)15;1-8-6-10(12(3,4)5)7-9(2)11(8)13;1-8-6-9(2)11(13)10(7-8)12(3,4)5;1-4-9-7-10(5-2)12(13)11(6-3)8-9;1-4-9-6-8(3)7-10(5-2)11(9)12;1-6-4-7(2)9(10)8(3)5-6/h8-9H,16H2,1-7H3;8-9H,6-7,15H2,1-5H3;2*6-7H,13H2,1-5H3;7-8H,4-6,13H2,1-3H3;6-7H,4-5,12H2,1-3H3;4-5H,10H2,1-3H3. The molecule has 0 aliphatic rings. The lowest BCUT2D eigenvalue weighted by Gasteiger charge is -2.27. The van der Waals surface area contributed by atoms with Gasteiger partial charge in [0, 0.05) is 39.8 Å². The van der Waals surface area contributed by atoms with Crippen molar-refractivity contribution < 1.29 is 0 Å². The number of benzene rings is 7. The molecule has 7 rings (SSSR count). The number of aryl methyl sites for hydroxylation is 16. The average molecular weight is 1260 g/mol. The molecule has 0 aliphatic heterocycles. The van der Waals surface area contributed by atoms with Crippen LogP contribution in [0.1, 0.15) is 269 Å². The maximum Gasteiger partial charge on any atom is 0.0381 e. The van der Waals surface area contributed by atoms with Crippen molar-refractivity contribution in [1.29, 1.82) is 0 Å². The summed E-state index contributed by atoms with van der Waals surface area (Å²) in [7, 11) is 0. The minimum atomic E-state index is 0.107. The van der Waals surface area contributed by atoms with Gasteiger partial charge in [0.15, 0.2) is 0 Å². The zero-order chi connectivity index (χ0) is 71.5. The molecule has 0 spiro atoms. The third-order valence-electron chi connectivity index (χ3n) is 17.4. The van der Waals surface area contributed by atoms with Crippen molar-refractivity contribution >= 4 is 39.8 Å². The first-order valence-corrected chi connectivity index (χ1v) is 34.3. The molecular formula is C85H135N7. The molecule has 0 heterocycles. The van der Waals surface area contributed by atoms with Crippen molar-refractivity contribution in [1.82, 2.24) is 0 Å². The smallest absolute Gasteiger partial charge is 0.0381 e. The van der Waals surface area contributed by atoms with Crippen LogP contribution in [0.5, 0.6) is 0 Å². The third-order valence-corrected chi connectivity index (χ3v) is 17.4. The normalized spacial score (nSPS) is 11.4. The van der Waals surface area contributed by atoms with Gasteiger partial charge in [0.25, 0.3) is 0 Å². The van der Waals surface area contributed by atoms with Crippen LogP contribution in [-0.2, 0) is 72.0 Å². The van der Waals surface area contributed by atoms with E-state index < -0.39 is 0 Å². The van der Waals surface area contributed by atoms with E-state index in [-0.39, 0.29) is 27.1 Å². The SMILES string of the molecule is CCc1cc(C(C)(C)C)cc(CC)c1N.CCc1cc(C)cc(CC)c1N.CCc1cc(CC)c(N)c(CC)c1.Cc1cc(C(C)(C)C)cc(C(C)(C)C)c1N.Cc1cc(C(C)(C)C)cc(C)c1N.Cc1cc(C)c(N)c(C(C)(C)C)c1.Cc1cc(C)c(N)c(C)c1. The fourth-order valence-corrected chi connectivity index (χ4v) is 11.0. The first-order valence-electron chi connectivity index (χ1n) is 34.3. The maximum atomic E-state index is 6.18. The zero-order valence-corrected chi connectivity index (χ0v) is 64.6. The van der Waals surface area contributed by atoms with Gasteiger partial charge in [-0.05, 0) is 234 Å². The van der Waals surface area contributed by atoms with E-state index in [0.29, 0.717) is 0 Å². The van der Waals surface area contributed by atoms with E-state index in [1.807, 2.05) is 13.8 Å². The van der Waals surface area contributed by atoms with Crippen molar-refractivity contribution in [2.75, 3.05) is 40.1 Å². The van der Waals surface area contributed by atoms with Gasteiger partial charge in [-0.3, -0.25) is 0 Å². The van der Waals surface area contributed by atoms with E-state index in [1.54, 1.807) is 0 Å². The summed E-state index contributed by atoms with van der Waals surface area (Å²) in [6.45, 7) is 67.1. The third kappa shape index (κ3) is 25.2. The van der Waals surface area contributed by atoms with Gasteiger partial charge in [-0.15, -0.1) is 0 Å². The molecule has 0 amide bonds. The van der Waals surface area contributed by atoms with Crippen LogP contribution in [-0.4, -0.2) is 0 Å². The Morgan fingerprint density at radius 2 is 0.435 bits per heavy atom. The predicted octanol–water partition coefficient (Wildman–Crippen LogP) is 22.1. The summed E-state index contributed by atoms with van der Waals surface area (Å²) in [4.78, 5) is 0. The Labute approximate surface area is 565 Å². The quantitative estimate of drug-likeness (QED) is 0.0775. The molecule has 14 N–H and O–H groups in total. The Morgan fingerprint density at radius 1 is 0.217 bits per heavy atom. The number of hydrogen-bond acceptors (Lipinski definition) is 7. The second-order valence-corrected chi connectivity index (χ2v) is 30.9. The molecule has 0 saturated heterocycles. The van der Waals surface area contributed by atoms with Crippen LogP contribution in [0.4, 0.5) is 39.8 Å². The molecule has 0 fully saturated rings. The second kappa shape index (κ2) is 35.4. The first kappa shape index (κ1) is 83.2. The number of rotatable bonds is 7. The summed E-state index contributed by atoms with van der Waals surface area (Å²) < 4.78 is 0. The average Bonchev–Trinajstić information content (AvgIpc) is 0.964.